The maximum absolute atomic E-state index is 13.1. The van der Waals surface area contributed by atoms with E-state index in [4.69, 9.17) is 11.6 Å². The van der Waals surface area contributed by atoms with E-state index in [1.807, 2.05) is 58.0 Å². The van der Waals surface area contributed by atoms with Crippen molar-refractivity contribution in [2.24, 2.45) is 0 Å². The van der Waals surface area contributed by atoms with E-state index in [0.29, 0.717) is 36.9 Å². The highest BCUT2D eigenvalue weighted by atomic mass is 35.5. The van der Waals surface area contributed by atoms with Gasteiger partial charge in [-0.15, -0.1) is 0 Å². The molecule has 2 aromatic carbocycles. The van der Waals surface area contributed by atoms with Crippen molar-refractivity contribution in [3.05, 3.63) is 57.6 Å². The van der Waals surface area contributed by atoms with Crippen molar-refractivity contribution >= 4 is 38.9 Å². The Labute approximate surface area is 190 Å². The minimum Gasteiger partial charge on any atom is -0.368 e. The first-order valence-corrected chi connectivity index (χ1v) is 12.5. The average Bonchev–Trinajstić information content (AvgIpc) is 2.67. The second-order valence-electron chi connectivity index (χ2n) is 8.32. The lowest BCUT2D eigenvalue weighted by Gasteiger charge is -2.38. The summed E-state index contributed by atoms with van der Waals surface area (Å²) in [5.74, 6) is -0.188. The molecule has 0 bridgehead atoms. The number of hydrogen-bond donors (Lipinski definition) is 0. The third-order valence-corrected chi connectivity index (χ3v) is 7.06. The molecule has 0 atom stereocenters. The fourth-order valence-corrected chi connectivity index (χ4v) is 5.40. The van der Waals surface area contributed by atoms with Crippen molar-refractivity contribution in [2.45, 2.75) is 27.7 Å². The summed E-state index contributed by atoms with van der Waals surface area (Å²) in [5.41, 5.74) is 5.55. The van der Waals surface area contributed by atoms with Gasteiger partial charge in [-0.2, -0.15) is 0 Å². The normalized spacial score (nSPS) is 14.6. The molecule has 0 aliphatic carbocycles. The Bertz CT molecular complexity index is 1070. The number of anilines is 2. The van der Waals surface area contributed by atoms with Gasteiger partial charge in [0.25, 0.3) is 0 Å². The molecule has 168 valence electrons. The fourth-order valence-electron chi connectivity index (χ4n) is 4.27. The van der Waals surface area contributed by atoms with Crippen LogP contribution in [0.2, 0.25) is 5.02 Å². The van der Waals surface area contributed by atoms with Crippen LogP contribution in [0.4, 0.5) is 11.4 Å². The second kappa shape index (κ2) is 9.09. The third kappa shape index (κ3) is 5.33. The summed E-state index contributed by atoms with van der Waals surface area (Å²) in [6.07, 6.45) is 1.15. The largest absolute Gasteiger partial charge is 0.368 e. The first-order valence-electron chi connectivity index (χ1n) is 10.3. The van der Waals surface area contributed by atoms with Crippen LogP contribution in [0.3, 0.4) is 0 Å². The number of halogens is 1. The highest BCUT2D eigenvalue weighted by Gasteiger charge is 2.28. The molecular weight excluding hydrogens is 434 g/mol. The summed E-state index contributed by atoms with van der Waals surface area (Å²) < 4.78 is 26.4. The van der Waals surface area contributed by atoms with Gasteiger partial charge in [-0.3, -0.25) is 9.10 Å². The van der Waals surface area contributed by atoms with Gasteiger partial charge >= 0.3 is 0 Å². The summed E-state index contributed by atoms with van der Waals surface area (Å²) in [7, 11) is -3.61. The van der Waals surface area contributed by atoms with Crippen LogP contribution < -0.4 is 9.21 Å². The van der Waals surface area contributed by atoms with Crippen LogP contribution in [-0.4, -0.2) is 58.2 Å². The summed E-state index contributed by atoms with van der Waals surface area (Å²) in [5, 5.41) is 0.687. The Morgan fingerprint density at radius 1 is 0.968 bits per heavy atom. The average molecular weight is 464 g/mol. The molecule has 0 saturated carbocycles. The van der Waals surface area contributed by atoms with E-state index in [9.17, 15) is 13.2 Å². The topological polar surface area (TPSA) is 60.9 Å². The highest BCUT2D eigenvalue weighted by molar-refractivity contribution is 7.92. The number of piperazine rings is 1. The Morgan fingerprint density at radius 3 is 2.10 bits per heavy atom. The maximum atomic E-state index is 13.1. The van der Waals surface area contributed by atoms with Crippen molar-refractivity contribution in [3.8, 4) is 0 Å². The quantitative estimate of drug-likeness (QED) is 0.678. The molecule has 31 heavy (non-hydrogen) atoms. The molecule has 1 aliphatic heterocycles. The second-order valence-corrected chi connectivity index (χ2v) is 10.7. The number of carbonyl (C=O) groups excluding carboxylic acids is 1. The van der Waals surface area contributed by atoms with Crippen LogP contribution in [-0.2, 0) is 14.8 Å². The lowest BCUT2D eigenvalue weighted by atomic mass is 10.1. The molecule has 0 radical (unpaired) electrons. The predicted molar refractivity (Wildman–Crippen MR) is 128 cm³/mol. The van der Waals surface area contributed by atoms with Crippen LogP contribution in [0.25, 0.3) is 0 Å². The number of carbonyl (C=O) groups is 1. The van der Waals surface area contributed by atoms with Gasteiger partial charge in [-0.1, -0.05) is 35.4 Å². The first kappa shape index (κ1) is 23.4. The van der Waals surface area contributed by atoms with Crippen molar-refractivity contribution in [1.29, 1.82) is 0 Å². The molecule has 0 aromatic heterocycles. The molecule has 1 aliphatic rings. The number of hydrogen-bond acceptors (Lipinski definition) is 4. The van der Waals surface area contributed by atoms with E-state index < -0.39 is 10.0 Å². The summed E-state index contributed by atoms with van der Waals surface area (Å²) in [4.78, 5) is 17.0. The standard InChI is InChI=1S/C23H30ClN3O3S/c1-16-12-18(3)23(19(4)13-16)27(31(5,29)30)15-22(28)26-10-8-25(9-11-26)21-14-20(24)7-6-17(21)2/h6-7,12-14H,8-11,15H2,1-5H3. The van der Waals surface area contributed by atoms with Crippen molar-refractivity contribution in [1.82, 2.24) is 4.90 Å². The first-order chi connectivity index (χ1) is 14.5. The Balaban J connectivity index is 1.75. The van der Waals surface area contributed by atoms with Gasteiger partial charge in [0.05, 0.1) is 11.9 Å². The molecule has 0 N–H and O–H groups in total. The van der Waals surface area contributed by atoms with Crippen molar-refractivity contribution < 1.29 is 13.2 Å². The number of rotatable bonds is 5. The Hall–Kier alpha value is -2.25. The molecule has 0 unspecified atom stereocenters. The van der Waals surface area contributed by atoms with E-state index in [2.05, 4.69) is 4.90 Å². The molecular formula is C23H30ClN3O3S. The van der Waals surface area contributed by atoms with Crippen LogP contribution in [0.5, 0.6) is 0 Å². The molecule has 0 spiro atoms. The molecule has 8 heteroatoms. The van der Waals surface area contributed by atoms with Crippen LogP contribution in [0, 0.1) is 27.7 Å². The minimum absolute atomic E-state index is 0.188. The number of nitrogens with zero attached hydrogens (tertiary/aromatic N) is 3. The zero-order valence-electron chi connectivity index (χ0n) is 18.8. The van der Waals surface area contributed by atoms with Gasteiger partial charge in [-0.05, 0) is 56.5 Å². The summed E-state index contributed by atoms with van der Waals surface area (Å²) in [6.45, 7) is 10.00. The zero-order valence-corrected chi connectivity index (χ0v) is 20.3. The molecule has 3 rings (SSSR count). The van der Waals surface area contributed by atoms with E-state index >= 15 is 0 Å². The van der Waals surface area contributed by atoms with Gasteiger partial charge in [0, 0.05) is 36.9 Å². The lowest BCUT2D eigenvalue weighted by Crippen LogP contribution is -2.52. The monoisotopic (exact) mass is 463 g/mol. The fraction of sp³-hybridized carbons (Fsp3) is 0.435. The van der Waals surface area contributed by atoms with Gasteiger partial charge in [-0.25, -0.2) is 8.42 Å². The zero-order chi connectivity index (χ0) is 22.9. The van der Waals surface area contributed by atoms with E-state index in [0.717, 1.165) is 34.2 Å². The van der Waals surface area contributed by atoms with E-state index in [-0.39, 0.29) is 12.5 Å². The predicted octanol–water partition coefficient (Wildman–Crippen LogP) is 3.69. The maximum Gasteiger partial charge on any atom is 0.243 e. The van der Waals surface area contributed by atoms with Crippen LogP contribution in [0.15, 0.2) is 30.3 Å². The highest BCUT2D eigenvalue weighted by Crippen LogP contribution is 2.29. The van der Waals surface area contributed by atoms with Crippen LogP contribution >= 0.6 is 11.6 Å². The number of aryl methyl sites for hydroxylation is 4. The van der Waals surface area contributed by atoms with Crippen molar-refractivity contribution in [3.63, 3.8) is 0 Å². The molecule has 6 nitrogen and oxygen atoms in total. The molecule has 1 fully saturated rings. The number of benzene rings is 2. The lowest BCUT2D eigenvalue weighted by molar-refractivity contribution is -0.129. The summed E-state index contributed by atoms with van der Waals surface area (Å²) >= 11 is 6.16. The Morgan fingerprint density at radius 2 is 1.55 bits per heavy atom. The van der Waals surface area contributed by atoms with Crippen LogP contribution in [0.1, 0.15) is 22.3 Å². The van der Waals surface area contributed by atoms with Gasteiger partial charge < -0.3 is 9.80 Å². The van der Waals surface area contributed by atoms with Crippen molar-refractivity contribution in [2.75, 3.05) is 48.2 Å². The molecule has 1 amide bonds. The third-order valence-electron chi connectivity index (χ3n) is 5.71. The van der Waals surface area contributed by atoms with Gasteiger partial charge in [0.15, 0.2) is 0 Å². The van der Waals surface area contributed by atoms with Gasteiger partial charge in [0.1, 0.15) is 6.54 Å². The summed E-state index contributed by atoms with van der Waals surface area (Å²) in [6, 6.07) is 9.69. The van der Waals surface area contributed by atoms with E-state index in [1.54, 1.807) is 4.90 Å². The van der Waals surface area contributed by atoms with Gasteiger partial charge in [0.2, 0.25) is 15.9 Å². The number of sulfonamides is 1. The number of amides is 1. The molecule has 1 saturated heterocycles. The minimum atomic E-state index is -3.61. The SMILES string of the molecule is Cc1cc(C)c(N(CC(=O)N2CCN(c3cc(Cl)ccc3C)CC2)S(C)(=O)=O)c(C)c1. The molecule has 2 aromatic rings. The Kier molecular flexibility index (Phi) is 6.86. The van der Waals surface area contributed by atoms with E-state index in [1.165, 1.54) is 4.31 Å². The molecule has 1 heterocycles. The smallest absolute Gasteiger partial charge is 0.243 e.